The Morgan fingerprint density at radius 3 is 2.88 bits per heavy atom. The van der Waals surface area contributed by atoms with Crippen molar-refractivity contribution in [2.75, 3.05) is 17.2 Å². The number of nitrogens with zero attached hydrogens (tertiary/aromatic N) is 3. The van der Waals surface area contributed by atoms with Crippen molar-refractivity contribution in [2.24, 2.45) is 0 Å². The molecule has 0 bridgehead atoms. The molecule has 0 fully saturated rings. The van der Waals surface area contributed by atoms with Crippen molar-refractivity contribution < 1.29 is 4.79 Å². The van der Waals surface area contributed by atoms with Gasteiger partial charge in [0.15, 0.2) is 5.13 Å². The molecule has 1 amide bonds. The van der Waals surface area contributed by atoms with Crippen LogP contribution in [0.25, 0.3) is 0 Å². The molecule has 6 nitrogen and oxygen atoms in total. The second kappa shape index (κ2) is 5.52. The molecule has 90 valence electrons. The lowest BCUT2D eigenvalue weighted by Crippen LogP contribution is -2.11. The van der Waals surface area contributed by atoms with E-state index in [-0.39, 0.29) is 5.91 Å². The van der Waals surface area contributed by atoms with Gasteiger partial charge in [-0.3, -0.25) is 10.1 Å². The van der Waals surface area contributed by atoms with E-state index < -0.39 is 0 Å². The third kappa shape index (κ3) is 3.20. The van der Waals surface area contributed by atoms with Gasteiger partial charge in [-0.15, -0.1) is 10.2 Å². The number of anilines is 2. The van der Waals surface area contributed by atoms with Crippen LogP contribution in [0.5, 0.6) is 0 Å². The fourth-order valence-electron chi connectivity index (χ4n) is 1.00. The number of halogens is 1. The average molecular weight is 334 g/mol. The predicted molar refractivity (Wildman–Crippen MR) is 71.8 cm³/mol. The summed E-state index contributed by atoms with van der Waals surface area (Å²) in [6, 6.07) is 0. The lowest BCUT2D eigenvalue weighted by Gasteiger charge is -1.95. The Morgan fingerprint density at radius 2 is 2.24 bits per heavy atom. The Hall–Kier alpha value is -1.06. The summed E-state index contributed by atoms with van der Waals surface area (Å²) in [5, 5.41) is 14.8. The monoisotopic (exact) mass is 333 g/mol. The summed E-state index contributed by atoms with van der Waals surface area (Å²) < 4.78 is 0.860. The van der Waals surface area contributed by atoms with E-state index >= 15 is 0 Å². The van der Waals surface area contributed by atoms with Gasteiger partial charge in [0.1, 0.15) is 0 Å². The van der Waals surface area contributed by atoms with Crippen molar-refractivity contribution >= 4 is 54.8 Å². The molecular weight excluding hydrogens is 326 g/mol. The zero-order valence-corrected chi connectivity index (χ0v) is 11.9. The lowest BCUT2D eigenvalue weighted by molar-refractivity contribution is 0.102. The van der Waals surface area contributed by atoms with Crippen LogP contribution in [0.1, 0.15) is 16.7 Å². The molecule has 2 aromatic rings. The molecule has 0 aliphatic carbocycles. The van der Waals surface area contributed by atoms with Gasteiger partial charge >= 0.3 is 0 Å². The van der Waals surface area contributed by atoms with Crippen molar-refractivity contribution in [3.05, 3.63) is 15.0 Å². The molecule has 2 N–H and O–H groups in total. The van der Waals surface area contributed by atoms with E-state index in [2.05, 4.69) is 41.7 Å². The third-order valence-corrected chi connectivity index (χ3v) is 3.92. The highest BCUT2D eigenvalue weighted by molar-refractivity contribution is 9.11. The first-order valence-electron chi connectivity index (χ1n) is 4.69. The molecule has 9 heteroatoms. The molecule has 2 aromatic heterocycles. The van der Waals surface area contributed by atoms with Crippen LogP contribution in [-0.2, 0) is 0 Å². The van der Waals surface area contributed by atoms with Crippen LogP contribution in [0.4, 0.5) is 10.3 Å². The topological polar surface area (TPSA) is 79.8 Å². The summed E-state index contributed by atoms with van der Waals surface area (Å²) in [7, 11) is 0. The molecule has 0 spiro atoms. The summed E-state index contributed by atoms with van der Waals surface area (Å²) >= 11 is 5.83. The van der Waals surface area contributed by atoms with Gasteiger partial charge in [0.05, 0.1) is 9.98 Å². The Labute approximate surface area is 114 Å². The molecule has 0 radical (unpaired) electrons. The van der Waals surface area contributed by atoms with Crippen LogP contribution in [-0.4, -0.2) is 27.6 Å². The maximum atomic E-state index is 11.8. The number of thiazole rings is 1. The fraction of sp³-hybridized carbons (Fsp3) is 0.250. The van der Waals surface area contributed by atoms with Crippen LogP contribution in [0.3, 0.4) is 0 Å². The molecule has 0 aliphatic heterocycles. The number of carbonyl (C=O) groups excluding carboxylic acids is 1. The van der Waals surface area contributed by atoms with E-state index in [4.69, 9.17) is 0 Å². The summed E-state index contributed by atoms with van der Waals surface area (Å²) in [4.78, 5) is 15.8. The highest BCUT2D eigenvalue weighted by atomic mass is 79.9. The van der Waals surface area contributed by atoms with E-state index in [1.54, 1.807) is 6.20 Å². The van der Waals surface area contributed by atoms with Gasteiger partial charge in [-0.05, 0) is 22.9 Å². The minimum atomic E-state index is -0.298. The van der Waals surface area contributed by atoms with Gasteiger partial charge in [-0.2, -0.15) is 0 Å². The fourth-order valence-corrected chi connectivity index (χ4v) is 2.81. The van der Waals surface area contributed by atoms with E-state index in [0.717, 1.165) is 10.3 Å². The summed E-state index contributed by atoms with van der Waals surface area (Å²) in [5.41, 5.74) is 0. The molecule has 0 aliphatic rings. The molecule has 0 atom stereocenters. The number of carbonyl (C=O) groups is 1. The highest BCUT2D eigenvalue weighted by Crippen LogP contribution is 2.24. The minimum absolute atomic E-state index is 0.298. The Kier molecular flexibility index (Phi) is 4.02. The zero-order valence-electron chi connectivity index (χ0n) is 8.73. The van der Waals surface area contributed by atoms with E-state index in [0.29, 0.717) is 15.3 Å². The van der Waals surface area contributed by atoms with E-state index in [1.165, 1.54) is 22.7 Å². The molecule has 2 rings (SSSR count). The van der Waals surface area contributed by atoms with Crippen LogP contribution < -0.4 is 10.6 Å². The number of nitrogens with one attached hydrogen (secondary N) is 2. The van der Waals surface area contributed by atoms with Crippen LogP contribution >= 0.6 is 38.6 Å². The molecular formula is C8H8BrN5OS2. The quantitative estimate of drug-likeness (QED) is 0.898. The van der Waals surface area contributed by atoms with Gasteiger partial charge in [0, 0.05) is 6.54 Å². The van der Waals surface area contributed by atoms with Crippen molar-refractivity contribution in [3.63, 3.8) is 0 Å². The average Bonchev–Trinajstić information content (AvgIpc) is 2.88. The number of aromatic nitrogens is 3. The maximum Gasteiger partial charge on any atom is 0.288 e. The lowest BCUT2D eigenvalue weighted by atomic mass is 10.6. The van der Waals surface area contributed by atoms with Crippen molar-refractivity contribution in [3.8, 4) is 0 Å². The van der Waals surface area contributed by atoms with Crippen molar-refractivity contribution in [1.29, 1.82) is 0 Å². The van der Waals surface area contributed by atoms with Crippen molar-refractivity contribution in [1.82, 2.24) is 15.2 Å². The molecule has 0 aromatic carbocycles. The first kappa shape index (κ1) is 12.4. The van der Waals surface area contributed by atoms with Gasteiger partial charge in [-0.25, -0.2) is 4.98 Å². The molecule has 17 heavy (non-hydrogen) atoms. The first-order chi connectivity index (χ1) is 8.19. The normalized spacial score (nSPS) is 10.2. The van der Waals surface area contributed by atoms with E-state index in [1.807, 2.05) is 6.92 Å². The molecule has 0 saturated heterocycles. The van der Waals surface area contributed by atoms with Crippen LogP contribution in [0.2, 0.25) is 0 Å². The Morgan fingerprint density at radius 1 is 1.41 bits per heavy atom. The largest absolute Gasteiger partial charge is 0.360 e. The van der Waals surface area contributed by atoms with Gasteiger partial charge in [0.25, 0.3) is 5.91 Å². The number of rotatable bonds is 4. The van der Waals surface area contributed by atoms with Gasteiger partial charge in [0.2, 0.25) is 10.1 Å². The molecule has 0 saturated carbocycles. The number of hydrogen-bond acceptors (Lipinski definition) is 7. The van der Waals surface area contributed by atoms with Crippen LogP contribution in [0, 0.1) is 0 Å². The predicted octanol–water partition coefficient (Wildman–Crippen LogP) is 2.44. The summed E-state index contributed by atoms with van der Waals surface area (Å²) in [6.07, 6.45) is 1.63. The minimum Gasteiger partial charge on any atom is -0.360 e. The van der Waals surface area contributed by atoms with Crippen LogP contribution in [0.15, 0.2) is 9.98 Å². The second-order valence-electron chi connectivity index (χ2n) is 2.87. The SMILES string of the molecule is CCNc1nnc(C(=O)Nc2ncc(Br)s2)s1. The molecule has 0 unspecified atom stereocenters. The highest BCUT2D eigenvalue weighted by Gasteiger charge is 2.14. The Bertz CT molecular complexity index is 525. The second-order valence-corrected chi connectivity index (χ2v) is 6.25. The third-order valence-electron chi connectivity index (χ3n) is 1.65. The van der Waals surface area contributed by atoms with Gasteiger partial charge in [-0.1, -0.05) is 22.7 Å². The zero-order chi connectivity index (χ0) is 12.3. The summed E-state index contributed by atoms with van der Waals surface area (Å²) in [5.74, 6) is -0.298. The van der Waals surface area contributed by atoms with E-state index in [9.17, 15) is 4.79 Å². The standard InChI is InChI=1S/C8H8BrN5OS2/c1-2-10-8-14-13-6(17-8)5(15)12-7-11-3-4(9)16-7/h3H,2H2,1H3,(H,10,14)(H,11,12,15). The Balaban J connectivity index is 2.03. The summed E-state index contributed by atoms with van der Waals surface area (Å²) in [6.45, 7) is 2.70. The number of amides is 1. The smallest absolute Gasteiger partial charge is 0.288 e. The molecule has 2 heterocycles. The van der Waals surface area contributed by atoms with Crippen molar-refractivity contribution in [2.45, 2.75) is 6.92 Å². The maximum absolute atomic E-state index is 11.8. The first-order valence-corrected chi connectivity index (χ1v) is 7.11. The van der Waals surface area contributed by atoms with Gasteiger partial charge < -0.3 is 5.32 Å². The number of hydrogen-bond donors (Lipinski definition) is 2.